The van der Waals surface area contributed by atoms with Crippen LogP contribution in [0, 0.1) is 0 Å². The van der Waals surface area contributed by atoms with Gasteiger partial charge in [0.15, 0.2) is 0 Å². The summed E-state index contributed by atoms with van der Waals surface area (Å²) in [7, 11) is -9.45. The lowest BCUT2D eigenvalue weighted by molar-refractivity contribution is -0.142. The van der Waals surface area contributed by atoms with Gasteiger partial charge in [-0.3, -0.25) is 18.8 Å². The Hall–Kier alpha value is -1.00. The summed E-state index contributed by atoms with van der Waals surface area (Å²) < 4.78 is 22.0. The number of nitrogens with one attached hydrogen (secondary N) is 1. The van der Waals surface area contributed by atoms with Crippen LogP contribution in [0.25, 0.3) is 0 Å². The highest BCUT2D eigenvalue weighted by atomic mass is 31.2. The summed E-state index contributed by atoms with van der Waals surface area (Å²) in [5.74, 6) is -1.50. The van der Waals surface area contributed by atoms with Gasteiger partial charge < -0.3 is 35.7 Å². The standard InChI is InChI=1S/C8H19N3O9P2/c9-8(14)10-3-1-2-6(7(12)13)11(4-21(15,16)17)5-22(18,19)20/h6H,1-5H2,(H,12,13)(H3,9,10,14)(H2,15,16,17)(H2,18,19,20)/t6-/m0/s1. The van der Waals surface area contributed by atoms with Crippen LogP contribution in [-0.4, -0.2) is 66.7 Å². The predicted molar refractivity (Wildman–Crippen MR) is 73.9 cm³/mol. The van der Waals surface area contributed by atoms with Gasteiger partial charge in [0, 0.05) is 6.54 Å². The Morgan fingerprint density at radius 3 is 1.86 bits per heavy atom. The second kappa shape index (κ2) is 8.59. The van der Waals surface area contributed by atoms with E-state index in [0.717, 1.165) is 0 Å². The van der Waals surface area contributed by atoms with Crippen molar-refractivity contribution in [1.82, 2.24) is 10.2 Å². The Morgan fingerprint density at radius 1 is 1.09 bits per heavy atom. The van der Waals surface area contributed by atoms with E-state index >= 15 is 0 Å². The summed E-state index contributed by atoms with van der Waals surface area (Å²) in [4.78, 5) is 57.8. The molecule has 2 amide bonds. The zero-order valence-electron chi connectivity index (χ0n) is 11.4. The molecule has 22 heavy (non-hydrogen) atoms. The molecule has 0 saturated heterocycles. The molecule has 12 nitrogen and oxygen atoms in total. The van der Waals surface area contributed by atoms with Crippen LogP contribution in [0.3, 0.4) is 0 Å². The number of hydrogen-bond acceptors (Lipinski definition) is 5. The number of nitrogens with two attached hydrogens (primary N) is 1. The molecule has 0 rings (SSSR count). The number of carbonyl (C=O) groups excluding carboxylic acids is 1. The van der Waals surface area contributed by atoms with Crippen LogP contribution in [0.1, 0.15) is 12.8 Å². The molecule has 0 aliphatic heterocycles. The molecule has 0 aromatic carbocycles. The van der Waals surface area contributed by atoms with Crippen molar-refractivity contribution < 1.29 is 43.4 Å². The van der Waals surface area contributed by atoms with Crippen molar-refractivity contribution in [3.8, 4) is 0 Å². The van der Waals surface area contributed by atoms with Crippen molar-refractivity contribution in [1.29, 1.82) is 0 Å². The fourth-order valence-electron chi connectivity index (χ4n) is 1.68. The number of carboxylic acid groups (broad SMARTS) is 1. The summed E-state index contributed by atoms with van der Waals surface area (Å²) in [5, 5.41) is 11.3. The first-order valence-corrected chi connectivity index (χ1v) is 9.50. The Labute approximate surface area is 125 Å². The van der Waals surface area contributed by atoms with Gasteiger partial charge in [0.05, 0.1) is 0 Å². The van der Waals surface area contributed by atoms with Gasteiger partial charge in [0.1, 0.15) is 18.6 Å². The lowest BCUT2D eigenvalue weighted by Crippen LogP contribution is -2.43. The lowest BCUT2D eigenvalue weighted by atomic mass is 10.1. The van der Waals surface area contributed by atoms with E-state index in [2.05, 4.69) is 5.32 Å². The molecule has 0 aliphatic carbocycles. The third-order valence-electron chi connectivity index (χ3n) is 2.41. The summed E-state index contributed by atoms with van der Waals surface area (Å²) in [6.07, 6.45) is -2.34. The average Bonchev–Trinajstić information content (AvgIpc) is 2.22. The third-order valence-corrected chi connectivity index (χ3v) is 3.87. The van der Waals surface area contributed by atoms with Gasteiger partial charge in [0.2, 0.25) is 0 Å². The number of nitrogens with zero attached hydrogens (tertiary/aromatic N) is 1. The van der Waals surface area contributed by atoms with E-state index in [-0.39, 0.29) is 19.4 Å². The number of urea groups is 1. The molecule has 130 valence electrons. The fourth-order valence-corrected chi connectivity index (χ4v) is 3.38. The minimum Gasteiger partial charge on any atom is -0.480 e. The molecular formula is C8H19N3O9P2. The van der Waals surface area contributed by atoms with Crippen molar-refractivity contribution >= 4 is 27.2 Å². The van der Waals surface area contributed by atoms with Crippen LogP contribution in [0.5, 0.6) is 0 Å². The number of aliphatic carboxylic acids is 1. The summed E-state index contributed by atoms with van der Waals surface area (Å²) in [5.41, 5.74) is 4.81. The van der Waals surface area contributed by atoms with Gasteiger partial charge in [-0.2, -0.15) is 0 Å². The molecule has 1 atom stereocenters. The molecule has 0 heterocycles. The molecule has 0 spiro atoms. The SMILES string of the molecule is NC(=O)NCCC[C@@H](C(=O)O)N(CP(=O)(O)O)CP(=O)(O)O. The third kappa shape index (κ3) is 10.7. The van der Waals surface area contributed by atoms with Gasteiger partial charge in [-0.1, -0.05) is 0 Å². The number of carbonyl (C=O) groups is 2. The Morgan fingerprint density at radius 2 is 1.55 bits per heavy atom. The van der Waals surface area contributed by atoms with E-state index < -0.39 is 45.8 Å². The number of amides is 2. The highest BCUT2D eigenvalue weighted by Crippen LogP contribution is 2.42. The van der Waals surface area contributed by atoms with Crippen molar-refractivity contribution in [3.05, 3.63) is 0 Å². The first-order valence-electron chi connectivity index (χ1n) is 5.91. The molecule has 0 bridgehead atoms. The largest absolute Gasteiger partial charge is 0.480 e. The predicted octanol–water partition coefficient (Wildman–Crippen LogP) is -1.54. The second-order valence-electron chi connectivity index (χ2n) is 4.49. The molecule has 0 aliphatic rings. The van der Waals surface area contributed by atoms with E-state index in [4.69, 9.17) is 30.4 Å². The molecule has 0 radical (unpaired) electrons. The van der Waals surface area contributed by atoms with Crippen molar-refractivity contribution in [2.45, 2.75) is 18.9 Å². The Balaban J connectivity index is 4.97. The first-order chi connectivity index (χ1) is 9.82. The van der Waals surface area contributed by atoms with Crippen molar-refractivity contribution in [2.24, 2.45) is 5.73 Å². The zero-order chi connectivity index (χ0) is 17.6. The number of hydrogen-bond donors (Lipinski definition) is 7. The number of carboxylic acids is 1. The zero-order valence-corrected chi connectivity index (χ0v) is 13.2. The highest BCUT2D eigenvalue weighted by Gasteiger charge is 2.34. The maximum Gasteiger partial charge on any atom is 0.339 e. The van der Waals surface area contributed by atoms with E-state index in [0.29, 0.717) is 4.90 Å². The van der Waals surface area contributed by atoms with Crippen molar-refractivity contribution in [2.75, 3.05) is 19.1 Å². The minimum absolute atomic E-state index is 0.0127. The molecule has 0 unspecified atom stereocenters. The molecule has 0 saturated carbocycles. The molecule has 14 heteroatoms. The maximum atomic E-state index is 11.2. The minimum atomic E-state index is -4.73. The van der Waals surface area contributed by atoms with E-state index in [1.165, 1.54) is 0 Å². The molecule has 0 aromatic heterocycles. The van der Waals surface area contributed by atoms with Crippen molar-refractivity contribution in [3.63, 3.8) is 0 Å². The van der Waals surface area contributed by atoms with Gasteiger partial charge in [-0.15, -0.1) is 0 Å². The highest BCUT2D eigenvalue weighted by molar-refractivity contribution is 7.52. The second-order valence-corrected chi connectivity index (χ2v) is 7.71. The van der Waals surface area contributed by atoms with Gasteiger partial charge in [-0.05, 0) is 12.8 Å². The first kappa shape index (κ1) is 21.0. The van der Waals surface area contributed by atoms with Crippen LogP contribution < -0.4 is 11.1 Å². The number of primary amides is 1. The quantitative estimate of drug-likeness (QED) is 0.175. The molecular weight excluding hydrogens is 344 g/mol. The van der Waals surface area contributed by atoms with Crippen LogP contribution in [0.4, 0.5) is 4.79 Å². The molecule has 8 N–H and O–H groups in total. The smallest absolute Gasteiger partial charge is 0.339 e. The lowest BCUT2D eigenvalue weighted by Gasteiger charge is -2.28. The maximum absolute atomic E-state index is 11.2. The molecule has 0 aromatic rings. The summed E-state index contributed by atoms with van der Waals surface area (Å²) >= 11 is 0. The normalized spacial score (nSPS) is 13.9. The van der Waals surface area contributed by atoms with Crippen LogP contribution in [0.15, 0.2) is 0 Å². The van der Waals surface area contributed by atoms with E-state index in [1.807, 2.05) is 0 Å². The summed E-state index contributed by atoms with van der Waals surface area (Å²) in [6.45, 7) is 0.0127. The Kier molecular flexibility index (Phi) is 8.19. The van der Waals surface area contributed by atoms with Crippen LogP contribution in [-0.2, 0) is 13.9 Å². The fraction of sp³-hybridized carbons (Fsp3) is 0.750. The van der Waals surface area contributed by atoms with Gasteiger partial charge in [0.25, 0.3) is 0 Å². The summed E-state index contributed by atoms with van der Waals surface area (Å²) in [6, 6.07) is -2.36. The van der Waals surface area contributed by atoms with Crippen LogP contribution in [0.2, 0.25) is 0 Å². The number of rotatable bonds is 10. The Bertz CT molecular complexity index is 463. The monoisotopic (exact) mass is 363 g/mol. The topological polar surface area (TPSA) is 211 Å². The average molecular weight is 363 g/mol. The molecule has 0 fully saturated rings. The van der Waals surface area contributed by atoms with E-state index in [9.17, 15) is 18.7 Å². The van der Waals surface area contributed by atoms with Gasteiger partial charge >= 0.3 is 27.2 Å². The van der Waals surface area contributed by atoms with Crippen LogP contribution >= 0.6 is 15.2 Å². The van der Waals surface area contributed by atoms with Gasteiger partial charge in [-0.25, -0.2) is 4.79 Å². The van der Waals surface area contributed by atoms with E-state index in [1.54, 1.807) is 0 Å².